The third-order valence-electron chi connectivity index (χ3n) is 6.95. The minimum Gasteiger partial charge on any atom is -0.463 e. The molecule has 8 nitrogen and oxygen atoms in total. The number of benzene rings is 1. The monoisotopic (exact) mass is 480 g/mol. The quantitative estimate of drug-likeness (QED) is 0.457. The largest absolute Gasteiger partial charge is 0.463 e. The van der Waals surface area contributed by atoms with Crippen molar-refractivity contribution in [2.24, 2.45) is 5.92 Å². The van der Waals surface area contributed by atoms with Gasteiger partial charge >= 0.3 is 12.0 Å². The molecule has 0 radical (unpaired) electrons. The van der Waals surface area contributed by atoms with E-state index in [1.54, 1.807) is 17.9 Å². The van der Waals surface area contributed by atoms with E-state index in [0.717, 1.165) is 24.0 Å². The zero-order valence-electron chi connectivity index (χ0n) is 21.0. The van der Waals surface area contributed by atoms with E-state index in [-0.39, 0.29) is 37.0 Å². The number of aryl methyl sites for hydroxylation is 1. The number of ether oxygens (including phenoxy) is 1. The molecule has 188 valence electrons. The van der Waals surface area contributed by atoms with Gasteiger partial charge in [0.1, 0.15) is 0 Å². The average molecular weight is 481 g/mol. The van der Waals surface area contributed by atoms with E-state index in [2.05, 4.69) is 23.7 Å². The van der Waals surface area contributed by atoms with Crippen LogP contribution in [-0.2, 0) is 14.3 Å². The van der Waals surface area contributed by atoms with Gasteiger partial charge in [0.25, 0.3) is 0 Å². The molecule has 1 saturated carbocycles. The lowest BCUT2D eigenvalue weighted by Gasteiger charge is -2.43. The van der Waals surface area contributed by atoms with Gasteiger partial charge in [0.05, 0.1) is 18.2 Å². The van der Waals surface area contributed by atoms with Crippen molar-refractivity contribution in [3.8, 4) is 0 Å². The lowest BCUT2D eigenvalue weighted by Crippen LogP contribution is -2.56. The summed E-state index contributed by atoms with van der Waals surface area (Å²) in [5.74, 6) is 0.0218. The summed E-state index contributed by atoms with van der Waals surface area (Å²) < 4.78 is 5.47. The van der Waals surface area contributed by atoms with Crippen molar-refractivity contribution in [2.75, 3.05) is 39.3 Å². The summed E-state index contributed by atoms with van der Waals surface area (Å²) in [5, 5.41) is 3.00. The van der Waals surface area contributed by atoms with Gasteiger partial charge in [0.2, 0.25) is 5.91 Å². The fraction of sp³-hybridized carbons (Fsp3) is 0.519. The lowest BCUT2D eigenvalue weighted by molar-refractivity contribution is -0.139. The summed E-state index contributed by atoms with van der Waals surface area (Å²) in [5.41, 5.74) is 3.00. The van der Waals surface area contributed by atoms with Gasteiger partial charge in [-0.2, -0.15) is 0 Å². The van der Waals surface area contributed by atoms with E-state index in [4.69, 9.17) is 4.74 Å². The molecule has 3 aliphatic rings. The average Bonchev–Trinajstić information content (AvgIpc) is 3.67. The summed E-state index contributed by atoms with van der Waals surface area (Å²) in [4.78, 5) is 44.9. The number of urea groups is 1. The summed E-state index contributed by atoms with van der Waals surface area (Å²) in [7, 11) is 0. The van der Waals surface area contributed by atoms with Crippen molar-refractivity contribution >= 4 is 17.9 Å². The second kappa shape index (κ2) is 10.6. The molecular formula is C27H36N4O4. The van der Waals surface area contributed by atoms with Crippen LogP contribution in [0.3, 0.4) is 0 Å². The molecule has 1 aromatic carbocycles. The third-order valence-corrected chi connectivity index (χ3v) is 6.95. The van der Waals surface area contributed by atoms with Crippen LogP contribution in [0.2, 0.25) is 0 Å². The standard InChI is InChI=1S/C27H36N4O4/c1-5-13-31-22(17-29-14-15-30(19(4)16-29)25(32)21-11-12-21)23(26(33)35-6-2)24(28-27(31)34)20-9-7-18(3)8-10-20/h5,7-10,19,21,24H,1,6,11-17H2,2-4H3,(H,28,34). The highest BCUT2D eigenvalue weighted by Crippen LogP contribution is 2.34. The summed E-state index contributed by atoms with van der Waals surface area (Å²) in [6.45, 7) is 12.6. The maximum Gasteiger partial charge on any atom is 0.338 e. The van der Waals surface area contributed by atoms with Crippen LogP contribution < -0.4 is 5.32 Å². The van der Waals surface area contributed by atoms with Gasteiger partial charge < -0.3 is 15.0 Å². The van der Waals surface area contributed by atoms with Crippen molar-refractivity contribution in [1.82, 2.24) is 20.0 Å². The number of amides is 3. The van der Waals surface area contributed by atoms with E-state index in [0.29, 0.717) is 37.4 Å². The molecule has 1 aliphatic carbocycles. The predicted octanol–water partition coefficient (Wildman–Crippen LogP) is 3.01. The van der Waals surface area contributed by atoms with E-state index < -0.39 is 12.0 Å². The smallest absolute Gasteiger partial charge is 0.338 e. The van der Waals surface area contributed by atoms with Crippen LogP contribution in [0.5, 0.6) is 0 Å². The van der Waals surface area contributed by atoms with E-state index in [9.17, 15) is 14.4 Å². The summed E-state index contributed by atoms with van der Waals surface area (Å²) >= 11 is 0. The third kappa shape index (κ3) is 5.42. The topological polar surface area (TPSA) is 82.2 Å². The Morgan fingerprint density at radius 3 is 2.51 bits per heavy atom. The summed E-state index contributed by atoms with van der Waals surface area (Å²) in [6.07, 6.45) is 3.64. The lowest BCUT2D eigenvalue weighted by atomic mass is 9.93. The van der Waals surface area contributed by atoms with Crippen LogP contribution >= 0.6 is 0 Å². The molecule has 1 aromatic rings. The van der Waals surface area contributed by atoms with Crippen molar-refractivity contribution in [3.63, 3.8) is 0 Å². The zero-order chi connectivity index (χ0) is 25.1. The molecule has 4 rings (SSSR count). The Hall–Kier alpha value is -3.13. The molecule has 1 saturated heterocycles. The first-order chi connectivity index (χ1) is 16.8. The number of nitrogens with zero attached hydrogens (tertiary/aromatic N) is 3. The van der Waals surface area contributed by atoms with E-state index >= 15 is 0 Å². The Morgan fingerprint density at radius 1 is 1.20 bits per heavy atom. The van der Waals surface area contributed by atoms with Gasteiger partial charge in [-0.15, -0.1) is 6.58 Å². The SMILES string of the molecule is C=CCN1C(=O)NC(c2ccc(C)cc2)C(C(=O)OCC)=C1CN1CCN(C(=O)C2CC2)C(C)C1. The van der Waals surface area contributed by atoms with Gasteiger partial charge in [-0.3, -0.25) is 14.6 Å². The Morgan fingerprint density at radius 2 is 1.91 bits per heavy atom. The van der Waals surface area contributed by atoms with Crippen molar-refractivity contribution in [2.45, 2.75) is 45.7 Å². The van der Waals surface area contributed by atoms with Gasteiger partial charge in [0, 0.05) is 50.4 Å². The maximum absolute atomic E-state index is 13.3. The first kappa shape index (κ1) is 25.0. The molecule has 2 aliphatic heterocycles. The minimum atomic E-state index is -0.603. The van der Waals surface area contributed by atoms with Crippen LogP contribution in [0, 0.1) is 12.8 Å². The second-order valence-electron chi connectivity index (χ2n) is 9.66. The number of hydrogen-bond donors (Lipinski definition) is 1. The first-order valence-corrected chi connectivity index (χ1v) is 12.5. The number of nitrogens with one attached hydrogen (secondary N) is 1. The molecule has 35 heavy (non-hydrogen) atoms. The Labute approximate surface area is 207 Å². The fourth-order valence-corrected chi connectivity index (χ4v) is 4.93. The zero-order valence-corrected chi connectivity index (χ0v) is 21.0. The first-order valence-electron chi connectivity index (χ1n) is 12.5. The predicted molar refractivity (Wildman–Crippen MR) is 133 cm³/mol. The normalized spacial score (nSPS) is 23.2. The molecule has 2 heterocycles. The Bertz CT molecular complexity index is 1010. The molecule has 1 N–H and O–H groups in total. The Balaban J connectivity index is 1.67. The van der Waals surface area contributed by atoms with Crippen molar-refractivity contribution < 1.29 is 19.1 Å². The highest BCUT2D eigenvalue weighted by molar-refractivity contribution is 5.95. The molecule has 0 aromatic heterocycles. The molecule has 3 amide bonds. The van der Waals surface area contributed by atoms with Gasteiger partial charge in [-0.25, -0.2) is 9.59 Å². The van der Waals surface area contributed by atoms with Crippen LogP contribution in [0.15, 0.2) is 48.2 Å². The molecule has 0 spiro atoms. The number of esters is 1. The van der Waals surface area contributed by atoms with Gasteiger partial charge in [-0.1, -0.05) is 35.9 Å². The van der Waals surface area contributed by atoms with E-state index in [1.807, 2.05) is 36.1 Å². The molecule has 2 unspecified atom stereocenters. The number of rotatable bonds is 8. The molecular weight excluding hydrogens is 444 g/mol. The van der Waals surface area contributed by atoms with E-state index in [1.165, 1.54) is 0 Å². The molecule has 2 fully saturated rings. The molecule has 8 heteroatoms. The van der Waals surface area contributed by atoms with Crippen LogP contribution in [-0.4, -0.2) is 78.0 Å². The highest BCUT2D eigenvalue weighted by Gasteiger charge is 2.40. The van der Waals surface area contributed by atoms with Crippen LogP contribution in [0.4, 0.5) is 4.79 Å². The summed E-state index contributed by atoms with van der Waals surface area (Å²) in [6, 6.07) is 7.01. The number of piperazine rings is 1. The highest BCUT2D eigenvalue weighted by atomic mass is 16.5. The van der Waals surface area contributed by atoms with Crippen LogP contribution in [0.25, 0.3) is 0 Å². The maximum atomic E-state index is 13.3. The minimum absolute atomic E-state index is 0.0710. The number of carbonyl (C=O) groups excluding carboxylic acids is 3. The Kier molecular flexibility index (Phi) is 7.60. The van der Waals surface area contributed by atoms with Gasteiger partial charge in [-0.05, 0) is 39.2 Å². The van der Waals surface area contributed by atoms with Crippen molar-refractivity contribution in [1.29, 1.82) is 0 Å². The molecule has 2 atom stereocenters. The molecule has 0 bridgehead atoms. The number of carbonyl (C=O) groups is 3. The van der Waals surface area contributed by atoms with Crippen molar-refractivity contribution in [3.05, 3.63) is 59.3 Å². The second-order valence-corrected chi connectivity index (χ2v) is 9.66. The van der Waals surface area contributed by atoms with Crippen LogP contribution in [0.1, 0.15) is 43.9 Å². The fourth-order valence-electron chi connectivity index (χ4n) is 4.93. The van der Waals surface area contributed by atoms with Gasteiger partial charge in [0.15, 0.2) is 0 Å². The number of hydrogen-bond acceptors (Lipinski definition) is 5.